The van der Waals surface area contributed by atoms with Gasteiger partial charge in [-0.25, -0.2) is 0 Å². The van der Waals surface area contributed by atoms with E-state index in [9.17, 15) is 9.59 Å². The van der Waals surface area contributed by atoms with Crippen molar-refractivity contribution in [2.45, 2.75) is 71.0 Å². The van der Waals surface area contributed by atoms with Gasteiger partial charge in [0.15, 0.2) is 0 Å². The summed E-state index contributed by atoms with van der Waals surface area (Å²) >= 11 is 0. The molecule has 0 saturated heterocycles. The van der Waals surface area contributed by atoms with Crippen LogP contribution in [0.5, 0.6) is 0 Å². The molecular weight excluding hydrogens is 374 g/mol. The summed E-state index contributed by atoms with van der Waals surface area (Å²) in [7, 11) is 2.01. The number of amides is 2. The minimum absolute atomic E-state index is 0.0234. The predicted molar refractivity (Wildman–Crippen MR) is 120 cm³/mol. The quantitative estimate of drug-likeness (QED) is 0.586. The summed E-state index contributed by atoms with van der Waals surface area (Å²) in [6, 6.07) is 14.3. The van der Waals surface area contributed by atoms with Crippen molar-refractivity contribution in [1.29, 1.82) is 0 Å². The number of aromatic nitrogens is 1. The van der Waals surface area contributed by atoms with Crippen molar-refractivity contribution < 1.29 is 9.59 Å². The van der Waals surface area contributed by atoms with E-state index >= 15 is 0 Å². The maximum Gasteiger partial charge on any atom is 0.242 e. The van der Waals surface area contributed by atoms with E-state index in [1.807, 2.05) is 73.3 Å². The SMILES string of the molecule is CC[C@@H](C)N(CC(=O)N(Cc1cccn1C)C1CC1)C(=O)[C@H](CC)c1ccccc1. The summed E-state index contributed by atoms with van der Waals surface area (Å²) in [5.41, 5.74) is 2.14. The van der Waals surface area contributed by atoms with E-state index in [0.717, 1.165) is 36.9 Å². The molecule has 0 unspecified atom stereocenters. The number of rotatable bonds is 10. The molecule has 162 valence electrons. The monoisotopic (exact) mass is 409 g/mol. The Kier molecular flexibility index (Phi) is 7.35. The van der Waals surface area contributed by atoms with Gasteiger partial charge in [-0.3, -0.25) is 9.59 Å². The molecule has 1 aliphatic carbocycles. The molecule has 2 atom stereocenters. The molecule has 1 saturated carbocycles. The smallest absolute Gasteiger partial charge is 0.242 e. The molecule has 0 spiro atoms. The average molecular weight is 410 g/mol. The number of nitrogens with zero attached hydrogens (tertiary/aromatic N) is 3. The lowest BCUT2D eigenvalue weighted by molar-refractivity contribution is -0.144. The zero-order chi connectivity index (χ0) is 21.7. The second-order valence-electron chi connectivity index (χ2n) is 8.46. The lowest BCUT2D eigenvalue weighted by Crippen LogP contribution is -2.48. The molecule has 30 heavy (non-hydrogen) atoms. The predicted octanol–water partition coefficient (Wildman–Crippen LogP) is 4.34. The molecule has 0 radical (unpaired) electrons. The second kappa shape index (κ2) is 9.96. The van der Waals surface area contributed by atoms with Crippen LogP contribution in [0.1, 0.15) is 63.6 Å². The Morgan fingerprint density at radius 1 is 1.07 bits per heavy atom. The van der Waals surface area contributed by atoms with Crippen molar-refractivity contribution in [3.8, 4) is 0 Å². The maximum absolute atomic E-state index is 13.5. The molecule has 0 bridgehead atoms. The largest absolute Gasteiger partial charge is 0.353 e. The average Bonchev–Trinajstić information content (AvgIpc) is 3.52. The van der Waals surface area contributed by atoms with Gasteiger partial charge >= 0.3 is 0 Å². The summed E-state index contributed by atoms with van der Waals surface area (Å²) in [6.45, 7) is 6.91. The Morgan fingerprint density at radius 2 is 1.77 bits per heavy atom. The zero-order valence-corrected chi connectivity index (χ0v) is 18.8. The van der Waals surface area contributed by atoms with E-state index in [2.05, 4.69) is 17.6 Å². The first kappa shape index (κ1) is 22.1. The standard InChI is InChI=1S/C25H35N3O2/c1-5-19(3)27(25(30)23(6-2)20-11-8-7-9-12-20)18-24(29)28(21-14-15-21)17-22-13-10-16-26(22)4/h7-13,16,19,21,23H,5-6,14-15,17-18H2,1-4H3/t19-,23-/m1/s1. The molecule has 2 aromatic rings. The molecular formula is C25H35N3O2. The van der Waals surface area contributed by atoms with Crippen LogP contribution in [0.4, 0.5) is 0 Å². The first-order valence-corrected chi connectivity index (χ1v) is 11.2. The molecule has 0 N–H and O–H groups in total. The fourth-order valence-corrected chi connectivity index (χ4v) is 3.99. The number of hydrogen-bond donors (Lipinski definition) is 0. The van der Waals surface area contributed by atoms with Crippen molar-refractivity contribution in [2.75, 3.05) is 6.54 Å². The van der Waals surface area contributed by atoms with E-state index in [-0.39, 0.29) is 30.3 Å². The van der Waals surface area contributed by atoms with Crippen LogP contribution in [0, 0.1) is 0 Å². The van der Waals surface area contributed by atoms with Gasteiger partial charge in [-0.2, -0.15) is 0 Å². The van der Waals surface area contributed by atoms with Crippen LogP contribution in [0.2, 0.25) is 0 Å². The third-order valence-electron chi connectivity index (χ3n) is 6.31. The molecule has 1 aromatic heterocycles. The molecule has 1 aliphatic rings. The van der Waals surface area contributed by atoms with E-state index in [4.69, 9.17) is 0 Å². The van der Waals surface area contributed by atoms with E-state index in [1.54, 1.807) is 0 Å². The van der Waals surface area contributed by atoms with Gasteiger partial charge in [0.2, 0.25) is 11.8 Å². The maximum atomic E-state index is 13.5. The van der Waals surface area contributed by atoms with Crippen molar-refractivity contribution in [3.63, 3.8) is 0 Å². The Labute approximate surface area is 180 Å². The Bertz CT molecular complexity index is 841. The fraction of sp³-hybridized carbons (Fsp3) is 0.520. The minimum Gasteiger partial charge on any atom is -0.353 e. The molecule has 5 nitrogen and oxygen atoms in total. The van der Waals surface area contributed by atoms with Gasteiger partial charge < -0.3 is 14.4 Å². The van der Waals surface area contributed by atoms with Gasteiger partial charge in [0, 0.05) is 31.0 Å². The first-order valence-electron chi connectivity index (χ1n) is 11.2. The zero-order valence-electron chi connectivity index (χ0n) is 18.8. The Hall–Kier alpha value is -2.56. The van der Waals surface area contributed by atoms with E-state index in [1.165, 1.54) is 0 Å². The lowest BCUT2D eigenvalue weighted by Gasteiger charge is -2.34. The van der Waals surface area contributed by atoms with E-state index < -0.39 is 0 Å². The van der Waals surface area contributed by atoms with E-state index in [0.29, 0.717) is 12.6 Å². The third-order valence-corrected chi connectivity index (χ3v) is 6.31. The molecule has 3 rings (SSSR count). The highest BCUT2D eigenvalue weighted by Gasteiger charge is 2.36. The number of carbonyl (C=O) groups excluding carboxylic acids is 2. The summed E-state index contributed by atoms with van der Waals surface area (Å²) in [5, 5.41) is 0. The Balaban J connectivity index is 1.78. The molecule has 1 fully saturated rings. The highest BCUT2D eigenvalue weighted by molar-refractivity contribution is 5.89. The van der Waals surface area contributed by atoms with Crippen LogP contribution in [-0.4, -0.2) is 44.8 Å². The van der Waals surface area contributed by atoms with Crippen molar-refractivity contribution >= 4 is 11.8 Å². The summed E-state index contributed by atoms with van der Waals surface area (Å²) in [4.78, 5) is 30.7. The highest BCUT2D eigenvalue weighted by atomic mass is 16.2. The second-order valence-corrected chi connectivity index (χ2v) is 8.46. The summed E-state index contributed by atoms with van der Waals surface area (Å²) < 4.78 is 2.06. The molecule has 1 heterocycles. The van der Waals surface area contributed by atoms with Crippen LogP contribution >= 0.6 is 0 Å². The summed E-state index contributed by atoms with van der Waals surface area (Å²) in [5.74, 6) is -0.105. The van der Waals surface area contributed by atoms with Crippen molar-refractivity contribution in [1.82, 2.24) is 14.4 Å². The third kappa shape index (κ3) is 5.13. The van der Waals surface area contributed by atoms with Gasteiger partial charge in [-0.15, -0.1) is 0 Å². The van der Waals surface area contributed by atoms with Gasteiger partial charge in [0.25, 0.3) is 0 Å². The van der Waals surface area contributed by atoms with Crippen LogP contribution in [0.3, 0.4) is 0 Å². The number of carbonyl (C=O) groups is 2. The lowest BCUT2D eigenvalue weighted by atomic mass is 9.94. The first-order chi connectivity index (χ1) is 14.5. The highest BCUT2D eigenvalue weighted by Crippen LogP contribution is 2.29. The molecule has 0 aliphatic heterocycles. The normalized spacial score (nSPS) is 15.5. The number of aryl methyl sites for hydroxylation is 1. The van der Waals surface area contributed by atoms with Gasteiger partial charge in [-0.1, -0.05) is 44.2 Å². The van der Waals surface area contributed by atoms with Crippen molar-refractivity contribution in [3.05, 3.63) is 59.9 Å². The minimum atomic E-state index is -0.213. The van der Waals surface area contributed by atoms with Crippen LogP contribution in [0.15, 0.2) is 48.7 Å². The topological polar surface area (TPSA) is 45.6 Å². The fourth-order valence-electron chi connectivity index (χ4n) is 3.99. The van der Waals surface area contributed by atoms with Crippen molar-refractivity contribution in [2.24, 2.45) is 7.05 Å². The van der Waals surface area contributed by atoms with Crippen LogP contribution in [0.25, 0.3) is 0 Å². The molecule has 2 amide bonds. The van der Waals surface area contributed by atoms with Crippen LogP contribution in [-0.2, 0) is 23.2 Å². The summed E-state index contributed by atoms with van der Waals surface area (Å²) in [6.07, 6.45) is 5.65. The molecule has 1 aromatic carbocycles. The van der Waals surface area contributed by atoms with Gasteiger partial charge in [0.1, 0.15) is 6.54 Å². The van der Waals surface area contributed by atoms with Crippen LogP contribution < -0.4 is 0 Å². The van der Waals surface area contributed by atoms with Gasteiger partial charge in [-0.05, 0) is 50.3 Å². The number of benzene rings is 1. The Morgan fingerprint density at radius 3 is 2.30 bits per heavy atom. The number of hydrogen-bond acceptors (Lipinski definition) is 2. The molecule has 5 heteroatoms. The van der Waals surface area contributed by atoms with Gasteiger partial charge in [0.05, 0.1) is 12.5 Å².